The molecule has 0 spiro atoms. The zero-order chi connectivity index (χ0) is 27.6. The molecule has 0 N–H and O–H groups in total. The Morgan fingerprint density at radius 1 is 1.13 bits per heavy atom. The molecule has 210 valence electrons. The number of alkyl halides is 2. The van der Waals surface area contributed by atoms with Crippen molar-refractivity contribution in [1.82, 2.24) is 9.78 Å². The molecule has 0 bridgehead atoms. The number of nitrogens with zero attached hydrogens (tertiary/aromatic N) is 3. The Kier molecular flexibility index (Phi) is 6.88. The molecule has 1 aromatic heterocycles. The summed E-state index contributed by atoms with van der Waals surface area (Å²) in [6.45, 7) is 11.8. The number of fused-ring (bicyclic) bond motifs is 3. The van der Waals surface area contributed by atoms with Gasteiger partial charge in [0.25, 0.3) is 5.92 Å². The van der Waals surface area contributed by atoms with Crippen LogP contribution >= 0.6 is 0 Å². The van der Waals surface area contributed by atoms with Crippen LogP contribution in [0.5, 0.6) is 0 Å². The van der Waals surface area contributed by atoms with E-state index >= 15 is 8.78 Å². The number of carbonyl (C=O) groups excluding carboxylic acids is 1. The first-order valence-electron chi connectivity index (χ1n) is 15.2. The van der Waals surface area contributed by atoms with Gasteiger partial charge >= 0.3 is 0 Å². The summed E-state index contributed by atoms with van der Waals surface area (Å²) in [4.78, 5) is 13.9. The Balaban J connectivity index is 1.49. The summed E-state index contributed by atoms with van der Waals surface area (Å²) in [5, 5.41) is 13.3. The summed E-state index contributed by atoms with van der Waals surface area (Å²) < 4.78 is 31.6. The van der Waals surface area contributed by atoms with E-state index in [-0.39, 0.29) is 29.9 Å². The standard InChI is InChI=1S/C32H47F2N3O/c1-6-30-16-15-29(5)18-22(3)8-13-31(29,7-2)26(30)10-12-28(4,21-30)27(24-9-14-32(24,33)34)25(38)20-37-17-11-23(19-35)36-37/h11,17,22,24,26-27H,6-10,12-16,18,20-21H2,1-5H3/t22?,24-,26-,27+,28-,29?,30?,31?/m0/s1. The van der Waals surface area contributed by atoms with Gasteiger partial charge in [0.15, 0.2) is 11.5 Å². The summed E-state index contributed by atoms with van der Waals surface area (Å²) >= 11 is 0. The first-order valence-corrected chi connectivity index (χ1v) is 15.2. The van der Waals surface area contributed by atoms with Crippen LogP contribution in [0.4, 0.5) is 8.78 Å². The molecule has 8 atom stereocenters. The van der Waals surface area contributed by atoms with Gasteiger partial charge in [0.2, 0.25) is 0 Å². The van der Waals surface area contributed by atoms with E-state index in [1.165, 1.54) is 36.8 Å². The molecular formula is C32H47F2N3O. The molecule has 4 fully saturated rings. The van der Waals surface area contributed by atoms with E-state index in [1.807, 2.05) is 6.07 Å². The van der Waals surface area contributed by atoms with Gasteiger partial charge in [0.05, 0.1) is 6.54 Å². The minimum absolute atomic E-state index is 0.0358. The average Bonchev–Trinajstić information content (AvgIpc) is 3.33. The van der Waals surface area contributed by atoms with Crippen LogP contribution in [0, 0.1) is 56.7 Å². The molecule has 1 heterocycles. The van der Waals surface area contributed by atoms with Crippen LogP contribution in [0.1, 0.15) is 117 Å². The van der Waals surface area contributed by atoms with Crippen molar-refractivity contribution in [3.05, 3.63) is 18.0 Å². The Bertz CT molecular complexity index is 1110. The molecule has 5 rings (SSSR count). The number of ketones is 1. The molecule has 4 unspecified atom stereocenters. The van der Waals surface area contributed by atoms with Crippen LogP contribution < -0.4 is 0 Å². The van der Waals surface area contributed by atoms with Crippen molar-refractivity contribution in [2.24, 2.45) is 45.3 Å². The van der Waals surface area contributed by atoms with Crippen LogP contribution in [-0.4, -0.2) is 21.5 Å². The molecule has 4 aliphatic carbocycles. The number of hydrogen-bond acceptors (Lipinski definition) is 3. The lowest BCUT2D eigenvalue weighted by molar-refractivity contribution is -0.219. The van der Waals surface area contributed by atoms with Crippen LogP contribution in [0.3, 0.4) is 0 Å². The maximum Gasteiger partial charge on any atom is 0.251 e. The number of Topliss-reactive ketones (excluding diaryl/α,β-unsaturated/α-hetero) is 1. The van der Waals surface area contributed by atoms with Gasteiger partial charge < -0.3 is 0 Å². The summed E-state index contributed by atoms with van der Waals surface area (Å²) in [6, 6.07) is 3.57. The van der Waals surface area contributed by atoms with E-state index in [0.717, 1.165) is 38.0 Å². The van der Waals surface area contributed by atoms with E-state index in [9.17, 15) is 4.79 Å². The molecule has 0 aromatic carbocycles. The molecule has 6 heteroatoms. The van der Waals surface area contributed by atoms with Gasteiger partial charge in [-0.1, -0.05) is 47.5 Å². The van der Waals surface area contributed by atoms with Crippen molar-refractivity contribution in [1.29, 1.82) is 5.26 Å². The molecule has 4 nitrogen and oxygen atoms in total. The third kappa shape index (κ3) is 4.08. The highest BCUT2D eigenvalue weighted by molar-refractivity contribution is 5.82. The van der Waals surface area contributed by atoms with Crippen molar-refractivity contribution >= 4 is 5.78 Å². The zero-order valence-electron chi connectivity index (χ0n) is 24.2. The molecule has 4 saturated carbocycles. The Hall–Kier alpha value is -1.77. The summed E-state index contributed by atoms with van der Waals surface area (Å²) in [5.74, 6) is -3.10. The van der Waals surface area contributed by atoms with Gasteiger partial charge in [0, 0.05) is 24.5 Å². The second-order valence-corrected chi connectivity index (χ2v) is 14.4. The topological polar surface area (TPSA) is 58.7 Å². The minimum atomic E-state index is -2.78. The van der Waals surface area contributed by atoms with Crippen LogP contribution in [0.25, 0.3) is 0 Å². The highest BCUT2D eigenvalue weighted by Gasteiger charge is 2.67. The fraction of sp³-hybridized carbons (Fsp3) is 0.844. The number of hydrogen-bond donors (Lipinski definition) is 0. The Morgan fingerprint density at radius 3 is 2.47 bits per heavy atom. The summed E-state index contributed by atoms with van der Waals surface area (Å²) in [7, 11) is 0. The number of aromatic nitrogens is 2. The van der Waals surface area contributed by atoms with Crippen molar-refractivity contribution in [2.75, 3.05) is 0 Å². The van der Waals surface area contributed by atoms with Crippen molar-refractivity contribution in [3.63, 3.8) is 0 Å². The van der Waals surface area contributed by atoms with E-state index in [4.69, 9.17) is 5.26 Å². The third-order valence-corrected chi connectivity index (χ3v) is 12.7. The molecule has 0 radical (unpaired) electrons. The molecule has 1 aromatic rings. The SMILES string of the molecule is CCC12CCC3(C)CC(C)CCC3(CC)[C@H]1CC[C@](C)([C@@H](C(=O)Cn1ccc(C#N)n1)[C@@H]1CCC1(F)F)C2. The second-order valence-electron chi connectivity index (χ2n) is 14.4. The third-order valence-electron chi connectivity index (χ3n) is 12.7. The Morgan fingerprint density at radius 2 is 1.89 bits per heavy atom. The molecule has 0 aliphatic heterocycles. The van der Waals surface area contributed by atoms with E-state index < -0.39 is 23.2 Å². The van der Waals surface area contributed by atoms with Gasteiger partial charge in [-0.15, -0.1) is 0 Å². The molecule has 4 aliphatic rings. The highest BCUT2D eigenvalue weighted by atomic mass is 19.3. The lowest BCUT2D eigenvalue weighted by atomic mass is 9.35. The normalized spacial score (nSPS) is 42.7. The van der Waals surface area contributed by atoms with Crippen LogP contribution in [0.2, 0.25) is 0 Å². The van der Waals surface area contributed by atoms with Crippen LogP contribution in [0.15, 0.2) is 12.3 Å². The first-order chi connectivity index (χ1) is 17.9. The van der Waals surface area contributed by atoms with Gasteiger partial charge in [-0.05, 0) is 97.3 Å². The van der Waals surface area contributed by atoms with E-state index in [2.05, 4.69) is 39.7 Å². The van der Waals surface area contributed by atoms with E-state index in [1.54, 1.807) is 12.3 Å². The van der Waals surface area contributed by atoms with Gasteiger partial charge in [-0.25, -0.2) is 8.78 Å². The minimum Gasteiger partial charge on any atom is -0.297 e. The maximum atomic E-state index is 15.1. The highest BCUT2D eigenvalue weighted by Crippen LogP contribution is 2.74. The fourth-order valence-corrected chi connectivity index (χ4v) is 10.7. The number of halogens is 2. The van der Waals surface area contributed by atoms with Gasteiger partial charge in [0.1, 0.15) is 6.07 Å². The lowest BCUT2D eigenvalue weighted by Gasteiger charge is -2.70. The van der Waals surface area contributed by atoms with E-state index in [0.29, 0.717) is 23.2 Å². The zero-order valence-corrected chi connectivity index (χ0v) is 24.2. The summed E-state index contributed by atoms with van der Waals surface area (Å²) in [6.07, 6.45) is 13.2. The second kappa shape index (κ2) is 9.41. The largest absolute Gasteiger partial charge is 0.297 e. The van der Waals surface area contributed by atoms with Crippen molar-refractivity contribution in [3.8, 4) is 6.07 Å². The Labute approximate surface area is 227 Å². The predicted octanol–water partition coefficient (Wildman–Crippen LogP) is 8.20. The lowest BCUT2D eigenvalue weighted by Crippen LogP contribution is -2.62. The maximum absolute atomic E-state index is 15.1. The molecule has 0 saturated heterocycles. The van der Waals surface area contributed by atoms with Crippen molar-refractivity contribution < 1.29 is 13.6 Å². The molecular weight excluding hydrogens is 480 g/mol. The monoisotopic (exact) mass is 527 g/mol. The van der Waals surface area contributed by atoms with Crippen molar-refractivity contribution in [2.45, 2.75) is 124 Å². The molecule has 38 heavy (non-hydrogen) atoms. The summed E-state index contributed by atoms with van der Waals surface area (Å²) in [5.41, 5.74) is 0.578. The smallest absolute Gasteiger partial charge is 0.251 e. The number of rotatable bonds is 7. The predicted molar refractivity (Wildman–Crippen MR) is 144 cm³/mol. The fourth-order valence-electron chi connectivity index (χ4n) is 10.7. The quantitative estimate of drug-likeness (QED) is 0.359. The van der Waals surface area contributed by atoms with Gasteiger partial charge in [-0.2, -0.15) is 10.4 Å². The first kappa shape index (κ1) is 27.8. The number of carbonyl (C=O) groups is 1. The van der Waals surface area contributed by atoms with Gasteiger partial charge in [-0.3, -0.25) is 9.48 Å². The average molecular weight is 528 g/mol. The molecule has 0 amide bonds. The number of nitriles is 1. The van der Waals surface area contributed by atoms with Crippen LogP contribution in [-0.2, 0) is 11.3 Å².